The summed E-state index contributed by atoms with van der Waals surface area (Å²) in [6.45, 7) is 2.61. The van der Waals surface area contributed by atoms with Gasteiger partial charge in [0.2, 0.25) is 0 Å². The minimum absolute atomic E-state index is 0.0300. The van der Waals surface area contributed by atoms with Crippen molar-refractivity contribution in [2.45, 2.75) is 25.1 Å². The topological polar surface area (TPSA) is 78.0 Å². The summed E-state index contributed by atoms with van der Waals surface area (Å²) in [5, 5.41) is 0.319. The second-order valence-electron chi connectivity index (χ2n) is 7.08. The van der Waals surface area contributed by atoms with Crippen LogP contribution in [0.1, 0.15) is 35.2 Å². The summed E-state index contributed by atoms with van der Waals surface area (Å²) < 4.78 is 53.5. The Morgan fingerprint density at radius 1 is 1.35 bits per heavy atom. The normalized spacial score (nSPS) is 18.4. The van der Waals surface area contributed by atoms with E-state index in [4.69, 9.17) is 9.47 Å². The second-order valence-corrected chi connectivity index (χ2v) is 7.94. The number of aromatic nitrogens is 1. The summed E-state index contributed by atoms with van der Waals surface area (Å²) >= 11 is 0.485. The van der Waals surface area contributed by atoms with Gasteiger partial charge in [0.25, 0.3) is 0 Å². The third-order valence-corrected chi connectivity index (χ3v) is 5.62. The molecule has 0 spiro atoms. The van der Waals surface area contributed by atoms with Crippen LogP contribution < -0.4 is 4.74 Å². The molecule has 2 aromatic rings. The van der Waals surface area contributed by atoms with E-state index in [-0.39, 0.29) is 31.3 Å². The number of cyclic esters (lactones) is 1. The summed E-state index contributed by atoms with van der Waals surface area (Å²) in [6, 6.07) is 7.17. The molecule has 1 aliphatic rings. The Hall–Kier alpha value is -2.66. The quantitative estimate of drug-likeness (QED) is 0.589. The zero-order chi connectivity index (χ0) is 22.6. The SMILES string of the molecule is COC(=O)COc1ccc(C(C)CN2CC(=O)OC(c3csc(C(F)(F)F)n3)C2)cc1. The number of morpholine rings is 1. The molecule has 1 fully saturated rings. The van der Waals surface area contributed by atoms with Crippen molar-refractivity contribution in [1.29, 1.82) is 0 Å². The molecule has 1 aliphatic heterocycles. The van der Waals surface area contributed by atoms with E-state index in [1.807, 2.05) is 24.0 Å². The largest absolute Gasteiger partial charge is 0.482 e. The number of thiazole rings is 1. The minimum atomic E-state index is -4.53. The van der Waals surface area contributed by atoms with Gasteiger partial charge in [-0.3, -0.25) is 9.69 Å². The molecule has 0 bridgehead atoms. The molecule has 0 aliphatic carbocycles. The molecule has 7 nitrogen and oxygen atoms in total. The van der Waals surface area contributed by atoms with Crippen LogP contribution in [0, 0.1) is 0 Å². The van der Waals surface area contributed by atoms with Crippen molar-refractivity contribution in [2.24, 2.45) is 0 Å². The number of benzene rings is 1. The van der Waals surface area contributed by atoms with E-state index in [2.05, 4.69) is 9.72 Å². The van der Waals surface area contributed by atoms with Gasteiger partial charge in [0.1, 0.15) is 5.75 Å². The third-order valence-electron chi connectivity index (χ3n) is 4.71. The number of nitrogens with zero attached hydrogens (tertiary/aromatic N) is 2. The van der Waals surface area contributed by atoms with Crippen LogP contribution in [0.4, 0.5) is 13.2 Å². The van der Waals surface area contributed by atoms with Crippen molar-refractivity contribution < 1.29 is 37.0 Å². The van der Waals surface area contributed by atoms with Gasteiger partial charge in [-0.2, -0.15) is 13.2 Å². The first kappa shape index (κ1) is 23.0. The highest BCUT2D eigenvalue weighted by molar-refractivity contribution is 7.09. The average Bonchev–Trinajstić information content (AvgIpc) is 3.23. The number of ether oxygens (including phenoxy) is 3. The smallest absolute Gasteiger partial charge is 0.443 e. The molecule has 1 saturated heterocycles. The van der Waals surface area contributed by atoms with Gasteiger partial charge < -0.3 is 14.2 Å². The van der Waals surface area contributed by atoms with Crippen LogP contribution in [0.25, 0.3) is 0 Å². The monoisotopic (exact) mass is 458 g/mol. The molecule has 11 heteroatoms. The third kappa shape index (κ3) is 6.17. The van der Waals surface area contributed by atoms with Crippen molar-refractivity contribution in [2.75, 3.05) is 33.4 Å². The minimum Gasteiger partial charge on any atom is -0.482 e. The molecule has 2 unspecified atom stereocenters. The average molecular weight is 458 g/mol. The maximum atomic E-state index is 12.8. The highest BCUT2D eigenvalue weighted by Crippen LogP contribution is 2.34. The number of rotatable bonds is 7. The van der Waals surface area contributed by atoms with Crippen molar-refractivity contribution >= 4 is 23.3 Å². The lowest BCUT2D eigenvalue weighted by Crippen LogP contribution is -2.43. The Kier molecular flexibility index (Phi) is 7.16. The first-order valence-corrected chi connectivity index (χ1v) is 10.3. The van der Waals surface area contributed by atoms with E-state index >= 15 is 0 Å². The number of alkyl halides is 3. The van der Waals surface area contributed by atoms with Crippen LogP contribution in [0.3, 0.4) is 0 Å². The first-order valence-electron chi connectivity index (χ1n) is 9.39. The van der Waals surface area contributed by atoms with Crippen LogP contribution in [-0.2, 0) is 25.2 Å². The molecule has 31 heavy (non-hydrogen) atoms. The first-order chi connectivity index (χ1) is 14.7. The fourth-order valence-electron chi connectivity index (χ4n) is 3.16. The van der Waals surface area contributed by atoms with E-state index in [1.54, 1.807) is 12.1 Å². The lowest BCUT2D eigenvalue weighted by Gasteiger charge is -2.33. The van der Waals surface area contributed by atoms with Crippen molar-refractivity contribution in [1.82, 2.24) is 9.88 Å². The van der Waals surface area contributed by atoms with E-state index in [9.17, 15) is 22.8 Å². The molecule has 1 aromatic carbocycles. The number of methoxy groups -OCH3 is 1. The van der Waals surface area contributed by atoms with E-state index in [0.717, 1.165) is 5.56 Å². The van der Waals surface area contributed by atoms with Gasteiger partial charge in [-0.25, -0.2) is 9.78 Å². The standard InChI is InChI=1S/C20H21F3N2O5S/c1-12(13-3-5-14(6-4-13)29-10-18(27)28-2)7-25-8-16(30-17(26)9-25)15-11-31-19(24-15)20(21,22)23/h3-6,11-12,16H,7-10H2,1-2H3. The van der Waals surface area contributed by atoms with Gasteiger partial charge in [-0.1, -0.05) is 19.1 Å². The van der Waals surface area contributed by atoms with Crippen LogP contribution in [0.15, 0.2) is 29.6 Å². The Labute approximate surface area is 180 Å². The fourth-order valence-corrected chi connectivity index (χ4v) is 3.89. The number of hydrogen-bond donors (Lipinski definition) is 0. The Bertz CT molecular complexity index is 916. The lowest BCUT2D eigenvalue weighted by atomic mass is 10.00. The summed E-state index contributed by atoms with van der Waals surface area (Å²) in [7, 11) is 1.28. The molecular weight excluding hydrogens is 437 g/mol. The van der Waals surface area contributed by atoms with E-state index in [0.29, 0.717) is 23.6 Å². The summed E-state index contributed by atoms with van der Waals surface area (Å²) in [5.74, 6) is -0.433. The molecule has 3 rings (SSSR count). The molecular formula is C20H21F3N2O5S. The van der Waals surface area contributed by atoms with Crippen LogP contribution in [-0.4, -0.2) is 55.2 Å². The molecule has 0 N–H and O–H groups in total. The Morgan fingerprint density at radius 2 is 2.06 bits per heavy atom. The molecule has 2 heterocycles. The number of carbonyl (C=O) groups excluding carboxylic acids is 2. The van der Waals surface area contributed by atoms with Gasteiger partial charge in [0.15, 0.2) is 17.7 Å². The summed E-state index contributed by atoms with van der Waals surface area (Å²) in [5.41, 5.74) is 1.09. The van der Waals surface area contributed by atoms with Crippen LogP contribution in [0.2, 0.25) is 0 Å². The molecule has 2 atom stereocenters. The van der Waals surface area contributed by atoms with Gasteiger partial charge in [0, 0.05) is 18.5 Å². The predicted molar refractivity (Wildman–Crippen MR) is 105 cm³/mol. The number of esters is 2. The number of hydrogen-bond acceptors (Lipinski definition) is 8. The zero-order valence-electron chi connectivity index (χ0n) is 16.8. The highest BCUT2D eigenvalue weighted by atomic mass is 32.1. The number of carbonyl (C=O) groups is 2. The van der Waals surface area contributed by atoms with Crippen LogP contribution >= 0.6 is 11.3 Å². The Balaban J connectivity index is 1.60. The zero-order valence-corrected chi connectivity index (χ0v) is 17.7. The van der Waals surface area contributed by atoms with E-state index in [1.165, 1.54) is 12.5 Å². The van der Waals surface area contributed by atoms with Gasteiger partial charge in [-0.05, 0) is 23.6 Å². The maximum Gasteiger partial charge on any atom is 0.443 e. The van der Waals surface area contributed by atoms with Crippen molar-refractivity contribution in [3.05, 3.63) is 45.9 Å². The predicted octanol–water partition coefficient (Wildman–Crippen LogP) is 3.42. The van der Waals surface area contributed by atoms with Crippen LogP contribution in [0.5, 0.6) is 5.75 Å². The summed E-state index contributed by atoms with van der Waals surface area (Å²) in [6.07, 6.45) is -5.36. The fraction of sp³-hybridized carbons (Fsp3) is 0.450. The molecule has 0 saturated carbocycles. The molecule has 168 valence electrons. The second kappa shape index (κ2) is 9.65. The lowest BCUT2D eigenvalue weighted by molar-refractivity contribution is -0.159. The van der Waals surface area contributed by atoms with Gasteiger partial charge in [0.05, 0.1) is 19.3 Å². The molecule has 0 amide bonds. The van der Waals surface area contributed by atoms with E-state index < -0.39 is 29.2 Å². The van der Waals surface area contributed by atoms with Gasteiger partial charge in [-0.15, -0.1) is 11.3 Å². The number of halogens is 3. The molecule has 0 radical (unpaired) electrons. The summed E-state index contributed by atoms with van der Waals surface area (Å²) in [4.78, 5) is 28.6. The highest BCUT2D eigenvalue weighted by Gasteiger charge is 2.37. The maximum absolute atomic E-state index is 12.8. The van der Waals surface area contributed by atoms with Crippen molar-refractivity contribution in [3.8, 4) is 5.75 Å². The van der Waals surface area contributed by atoms with Crippen molar-refractivity contribution in [3.63, 3.8) is 0 Å². The van der Waals surface area contributed by atoms with Gasteiger partial charge >= 0.3 is 18.1 Å². The molecule has 1 aromatic heterocycles. The Morgan fingerprint density at radius 3 is 2.68 bits per heavy atom.